The molecule has 3 aromatic rings. The molecule has 0 unspecified atom stereocenters. The second kappa shape index (κ2) is 8.61. The number of fused-ring (bicyclic) bond motifs is 1. The standard InChI is InChI=1S/C22H23N3O2S/c1-15-6-10-19(11-7-15)28-13-12-20(26)23-22-25-24-21(27-22)18-9-8-16-4-2-3-5-17(16)14-18/h6-11,14H,2-5,12-13H2,1H3,(H,23,25,26). The highest BCUT2D eigenvalue weighted by Gasteiger charge is 2.15. The Morgan fingerprint density at radius 3 is 2.68 bits per heavy atom. The molecular formula is C22H23N3O2S. The monoisotopic (exact) mass is 393 g/mol. The maximum absolute atomic E-state index is 12.1. The molecule has 28 heavy (non-hydrogen) atoms. The number of thioether (sulfide) groups is 1. The maximum Gasteiger partial charge on any atom is 0.322 e. The molecule has 2 aromatic carbocycles. The van der Waals surface area contributed by atoms with Crippen LogP contribution in [0.5, 0.6) is 0 Å². The van der Waals surface area contributed by atoms with Crippen molar-refractivity contribution in [2.75, 3.05) is 11.1 Å². The number of anilines is 1. The van der Waals surface area contributed by atoms with E-state index in [2.05, 4.69) is 58.8 Å². The van der Waals surface area contributed by atoms with E-state index in [1.165, 1.54) is 29.5 Å². The smallest absolute Gasteiger partial charge is 0.322 e. The average molecular weight is 394 g/mol. The Morgan fingerprint density at radius 1 is 1.07 bits per heavy atom. The highest BCUT2D eigenvalue weighted by molar-refractivity contribution is 7.99. The molecule has 1 aromatic heterocycles. The first-order valence-electron chi connectivity index (χ1n) is 9.62. The van der Waals surface area contributed by atoms with Crippen LogP contribution in [0.3, 0.4) is 0 Å². The summed E-state index contributed by atoms with van der Waals surface area (Å²) in [5, 5.41) is 10.8. The van der Waals surface area contributed by atoms with Crippen molar-refractivity contribution in [3.8, 4) is 11.5 Å². The number of hydrogen-bond acceptors (Lipinski definition) is 5. The van der Waals surface area contributed by atoms with Crippen LogP contribution in [0.2, 0.25) is 0 Å². The summed E-state index contributed by atoms with van der Waals surface area (Å²) in [4.78, 5) is 13.3. The topological polar surface area (TPSA) is 68.0 Å². The first kappa shape index (κ1) is 18.7. The molecule has 0 fully saturated rings. The third-order valence-electron chi connectivity index (χ3n) is 4.89. The zero-order valence-electron chi connectivity index (χ0n) is 15.9. The van der Waals surface area contributed by atoms with Gasteiger partial charge in [-0.2, -0.15) is 0 Å². The molecule has 0 saturated heterocycles. The van der Waals surface area contributed by atoms with Crippen LogP contribution >= 0.6 is 11.8 Å². The fourth-order valence-electron chi connectivity index (χ4n) is 3.33. The van der Waals surface area contributed by atoms with Crippen molar-refractivity contribution in [3.05, 3.63) is 59.2 Å². The Labute approximate surface area is 168 Å². The first-order valence-corrected chi connectivity index (χ1v) is 10.6. The van der Waals surface area contributed by atoms with Gasteiger partial charge in [-0.15, -0.1) is 16.9 Å². The molecule has 0 radical (unpaired) electrons. The van der Waals surface area contributed by atoms with Gasteiger partial charge in [0.05, 0.1) is 0 Å². The van der Waals surface area contributed by atoms with E-state index in [0.717, 1.165) is 23.3 Å². The van der Waals surface area contributed by atoms with Gasteiger partial charge in [-0.25, -0.2) is 0 Å². The van der Waals surface area contributed by atoms with Gasteiger partial charge in [0.2, 0.25) is 11.8 Å². The van der Waals surface area contributed by atoms with Crippen LogP contribution in [-0.2, 0) is 17.6 Å². The molecule has 0 atom stereocenters. The number of hydrogen-bond donors (Lipinski definition) is 1. The molecule has 1 N–H and O–H groups in total. The molecule has 5 nitrogen and oxygen atoms in total. The number of rotatable bonds is 6. The van der Waals surface area contributed by atoms with Crippen LogP contribution in [0.4, 0.5) is 6.01 Å². The summed E-state index contributed by atoms with van der Waals surface area (Å²) in [6.45, 7) is 2.06. The third kappa shape index (κ3) is 4.62. The van der Waals surface area contributed by atoms with Gasteiger partial charge in [-0.3, -0.25) is 10.1 Å². The maximum atomic E-state index is 12.1. The summed E-state index contributed by atoms with van der Waals surface area (Å²) in [6.07, 6.45) is 5.10. The van der Waals surface area contributed by atoms with E-state index in [9.17, 15) is 4.79 Å². The number of nitrogens with zero attached hydrogens (tertiary/aromatic N) is 2. The van der Waals surface area contributed by atoms with E-state index in [1.54, 1.807) is 11.8 Å². The van der Waals surface area contributed by atoms with E-state index in [0.29, 0.717) is 18.1 Å². The second-order valence-corrected chi connectivity index (χ2v) is 8.23. The predicted molar refractivity (Wildman–Crippen MR) is 112 cm³/mol. The van der Waals surface area contributed by atoms with E-state index >= 15 is 0 Å². The normalized spacial score (nSPS) is 13.2. The van der Waals surface area contributed by atoms with Gasteiger partial charge in [0.25, 0.3) is 0 Å². The summed E-state index contributed by atoms with van der Waals surface area (Å²) in [7, 11) is 0. The second-order valence-electron chi connectivity index (χ2n) is 7.06. The molecular weight excluding hydrogens is 370 g/mol. The SMILES string of the molecule is Cc1ccc(SCCC(=O)Nc2nnc(-c3ccc4c(c3)CCCC4)o2)cc1. The van der Waals surface area contributed by atoms with Crippen LogP contribution < -0.4 is 5.32 Å². The zero-order valence-corrected chi connectivity index (χ0v) is 16.7. The van der Waals surface area contributed by atoms with Crippen LogP contribution in [0.1, 0.15) is 36.0 Å². The molecule has 144 valence electrons. The minimum absolute atomic E-state index is 0.125. The van der Waals surface area contributed by atoms with Gasteiger partial charge in [-0.1, -0.05) is 28.9 Å². The zero-order chi connectivity index (χ0) is 19.3. The lowest BCUT2D eigenvalue weighted by Crippen LogP contribution is -2.12. The minimum atomic E-state index is -0.125. The fraction of sp³-hybridized carbons (Fsp3) is 0.318. The van der Waals surface area contributed by atoms with Crippen LogP contribution in [0.15, 0.2) is 51.8 Å². The summed E-state index contributed by atoms with van der Waals surface area (Å²) in [5.74, 6) is 1.01. The van der Waals surface area contributed by atoms with Gasteiger partial charge >= 0.3 is 6.01 Å². The van der Waals surface area contributed by atoms with E-state index in [-0.39, 0.29) is 11.9 Å². The molecule has 1 amide bonds. The Kier molecular flexibility index (Phi) is 5.76. The molecule has 0 aliphatic heterocycles. The number of nitrogens with one attached hydrogen (secondary N) is 1. The predicted octanol–water partition coefficient (Wildman–Crippen LogP) is 5.04. The minimum Gasteiger partial charge on any atom is -0.403 e. The van der Waals surface area contributed by atoms with Crippen LogP contribution in [0, 0.1) is 6.92 Å². The lowest BCUT2D eigenvalue weighted by atomic mass is 9.90. The number of aryl methyl sites for hydroxylation is 3. The Hall–Kier alpha value is -2.60. The molecule has 1 aliphatic rings. The van der Waals surface area contributed by atoms with Crippen molar-refractivity contribution in [3.63, 3.8) is 0 Å². The summed E-state index contributed by atoms with van der Waals surface area (Å²) in [6, 6.07) is 14.7. The van der Waals surface area contributed by atoms with Crippen molar-refractivity contribution in [1.29, 1.82) is 0 Å². The van der Waals surface area contributed by atoms with E-state index in [4.69, 9.17) is 4.42 Å². The van der Waals surface area contributed by atoms with Crippen molar-refractivity contribution in [2.45, 2.75) is 43.9 Å². The number of benzene rings is 2. The van der Waals surface area contributed by atoms with Gasteiger partial charge in [0.1, 0.15) is 0 Å². The van der Waals surface area contributed by atoms with Crippen molar-refractivity contribution >= 4 is 23.7 Å². The van der Waals surface area contributed by atoms with Gasteiger partial charge in [0.15, 0.2) is 0 Å². The number of carbonyl (C=O) groups is 1. The molecule has 6 heteroatoms. The van der Waals surface area contributed by atoms with Crippen molar-refractivity contribution in [1.82, 2.24) is 10.2 Å². The molecule has 1 aliphatic carbocycles. The first-order chi connectivity index (χ1) is 13.7. The largest absolute Gasteiger partial charge is 0.403 e. The van der Waals surface area contributed by atoms with E-state index < -0.39 is 0 Å². The number of carbonyl (C=O) groups excluding carboxylic acids is 1. The highest BCUT2D eigenvalue weighted by Crippen LogP contribution is 2.27. The number of aromatic nitrogens is 2. The summed E-state index contributed by atoms with van der Waals surface area (Å²) < 4.78 is 5.65. The molecule has 0 saturated carbocycles. The Balaban J connectivity index is 1.31. The fourth-order valence-corrected chi connectivity index (χ4v) is 4.19. The van der Waals surface area contributed by atoms with Crippen molar-refractivity contribution < 1.29 is 9.21 Å². The molecule has 0 spiro atoms. The van der Waals surface area contributed by atoms with Crippen molar-refractivity contribution in [2.24, 2.45) is 0 Å². The van der Waals surface area contributed by atoms with Crippen LogP contribution in [0.25, 0.3) is 11.5 Å². The van der Waals surface area contributed by atoms with Gasteiger partial charge in [-0.05, 0) is 68.0 Å². The molecule has 4 rings (SSSR count). The van der Waals surface area contributed by atoms with E-state index in [1.807, 2.05) is 6.07 Å². The summed E-state index contributed by atoms with van der Waals surface area (Å²) >= 11 is 1.66. The average Bonchev–Trinajstić information content (AvgIpc) is 3.17. The third-order valence-corrected chi connectivity index (χ3v) is 5.90. The molecule has 0 bridgehead atoms. The summed E-state index contributed by atoms with van der Waals surface area (Å²) in [5.41, 5.74) is 4.91. The quantitative estimate of drug-likeness (QED) is 0.594. The van der Waals surface area contributed by atoms with Gasteiger partial charge in [0, 0.05) is 22.6 Å². The van der Waals surface area contributed by atoms with Gasteiger partial charge < -0.3 is 4.42 Å². The Bertz CT molecular complexity index is 966. The highest BCUT2D eigenvalue weighted by atomic mass is 32.2. The molecule has 1 heterocycles. The lowest BCUT2D eigenvalue weighted by Gasteiger charge is -2.15. The van der Waals surface area contributed by atoms with Crippen LogP contribution in [-0.4, -0.2) is 21.9 Å². The number of amides is 1. The Morgan fingerprint density at radius 2 is 1.86 bits per heavy atom. The lowest BCUT2D eigenvalue weighted by molar-refractivity contribution is -0.115.